The fourth-order valence-electron chi connectivity index (χ4n) is 4.06. The van der Waals surface area contributed by atoms with Crippen LogP contribution in [-0.2, 0) is 19.6 Å². The number of rotatable bonds is 11. The Labute approximate surface area is 232 Å². The molecule has 2 aromatic carbocycles. The molecule has 0 radical (unpaired) electrons. The van der Waals surface area contributed by atoms with Crippen molar-refractivity contribution in [3.05, 3.63) is 53.6 Å². The molecule has 1 amide bonds. The first-order valence-electron chi connectivity index (χ1n) is 12.5. The van der Waals surface area contributed by atoms with Gasteiger partial charge in [0.2, 0.25) is 10.0 Å². The predicted octanol–water partition coefficient (Wildman–Crippen LogP) is 1.21. The molecule has 0 unspecified atom stereocenters. The molecule has 1 aliphatic heterocycles. The largest absolute Gasteiger partial charge is 0.506 e. The van der Waals surface area contributed by atoms with Crippen molar-refractivity contribution < 1.29 is 43.2 Å². The Morgan fingerprint density at radius 1 is 1.05 bits per heavy atom. The Morgan fingerprint density at radius 3 is 2.20 bits per heavy atom. The lowest BCUT2D eigenvalue weighted by Gasteiger charge is -2.34. The van der Waals surface area contributed by atoms with Gasteiger partial charge in [0.25, 0.3) is 11.9 Å². The quantitative estimate of drug-likeness (QED) is 0.188. The number of phenols is 1. The molecule has 1 atom stereocenters. The average Bonchev–Trinajstić information content (AvgIpc) is 2.88. The maximum absolute atomic E-state index is 12.0. The fraction of sp³-hybridized carbons (Fsp3) is 0.423. The number of hydrogen-bond acceptors (Lipinski definition) is 9. The smallest absolute Gasteiger partial charge is 0.322 e. The molecule has 1 aliphatic rings. The van der Waals surface area contributed by atoms with Crippen molar-refractivity contribution in [1.29, 1.82) is 0 Å². The SMILES string of the molecule is CC(=O)O.CS(=O)(=O)Nc1cc([C@@H](O)CNCC2CCN(c3ccc(C(=O)NCC(=O)O)cc3)CC2)ccc1O. The monoisotopic (exact) mass is 580 g/mol. The van der Waals surface area contributed by atoms with E-state index in [-0.39, 0.29) is 18.0 Å². The third kappa shape index (κ3) is 11.5. The standard InChI is InChI=1S/C24H32N4O7S.C2H4O2/c1-36(34,35)27-20-12-18(4-7-21(20)29)22(30)14-25-13-16-8-10-28(11-9-16)19-5-2-17(3-6-19)24(33)26-15-23(31)32;1-2(3)4/h2-7,12,16,22,25,27,29-30H,8-11,13-15H2,1H3,(H,26,33)(H,31,32);1H3,(H,3,4)/t22-;/m0./s1. The first-order chi connectivity index (χ1) is 18.7. The lowest BCUT2D eigenvalue weighted by atomic mass is 9.96. The number of piperidine rings is 1. The van der Waals surface area contributed by atoms with Crippen LogP contribution in [0, 0.1) is 5.92 Å². The maximum Gasteiger partial charge on any atom is 0.322 e. The zero-order valence-corrected chi connectivity index (χ0v) is 23.1. The molecule has 0 saturated carbocycles. The number of aromatic hydroxyl groups is 1. The summed E-state index contributed by atoms with van der Waals surface area (Å²) in [5.74, 6) is -2.14. The minimum Gasteiger partial charge on any atom is -0.506 e. The summed E-state index contributed by atoms with van der Waals surface area (Å²) < 4.78 is 25.1. The Hall–Kier alpha value is -3.88. The molecule has 1 heterocycles. The third-order valence-electron chi connectivity index (χ3n) is 5.98. The van der Waals surface area contributed by atoms with Gasteiger partial charge in [0.15, 0.2) is 0 Å². The van der Waals surface area contributed by atoms with Crippen molar-refractivity contribution in [3.8, 4) is 5.75 Å². The van der Waals surface area contributed by atoms with Crippen molar-refractivity contribution >= 4 is 39.2 Å². The van der Waals surface area contributed by atoms with Crippen molar-refractivity contribution in [3.63, 3.8) is 0 Å². The van der Waals surface area contributed by atoms with Crippen LogP contribution >= 0.6 is 0 Å². The zero-order chi connectivity index (χ0) is 29.9. The number of benzene rings is 2. The highest BCUT2D eigenvalue weighted by atomic mass is 32.2. The van der Waals surface area contributed by atoms with E-state index in [4.69, 9.17) is 15.0 Å². The molecule has 220 valence electrons. The number of aliphatic carboxylic acids is 2. The lowest BCUT2D eigenvalue weighted by Crippen LogP contribution is -2.38. The number of nitrogens with one attached hydrogen (secondary N) is 3. The number of amides is 1. The molecular weight excluding hydrogens is 544 g/mol. The molecule has 7 N–H and O–H groups in total. The number of carbonyl (C=O) groups excluding carboxylic acids is 1. The third-order valence-corrected chi connectivity index (χ3v) is 6.57. The fourth-order valence-corrected chi connectivity index (χ4v) is 4.62. The zero-order valence-electron chi connectivity index (χ0n) is 22.3. The summed E-state index contributed by atoms with van der Waals surface area (Å²) in [7, 11) is -3.56. The highest BCUT2D eigenvalue weighted by Crippen LogP contribution is 2.28. The molecule has 1 fully saturated rings. The number of carboxylic acids is 2. The van der Waals surface area contributed by atoms with Gasteiger partial charge < -0.3 is 36.0 Å². The van der Waals surface area contributed by atoms with Gasteiger partial charge in [-0.3, -0.25) is 19.1 Å². The van der Waals surface area contributed by atoms with Gasteiger partial charge in [-0.2, -0.15) is 0 Å². The summed E-state index contributed by atoms with van der Waals surface area (Å²) in [4.78, 5) is 33.8. The summed E-state index contributed by atoms with van der Waals surface area (Å²) in [5.41, 5.74) is 1.92. The van der Waals surface area contributed by atoms with E-state index in [0.29, 0.717) is 17.0 Å². The highest BCUT2D eigenvalue weighted by Gasteiger charge is 2.20. The number of aliphatic hydroxyl groups excluding tert-OH is 1. The molecule has 40 heavy (non-hydrogen) atoms. The molecule has 14 heteroatoms. The van der Waals surface area contributed by atoms with Gasteiger partial charge in [0, 0.05) is 37.8 Å². The molecule has 0 spiro atoms. The molecule has 13 nitrogen and oxygen atoms in total. The van der Waals surface area contributed by atoms with Crippen LogP contribution in [0.5, 0.6) is 5.75 Å². The number of carbonyl (C=O) groups is 3. The van der Waals surface area contributed by atoms with E-state index >= 15 is 0 Å². The summed E-state index contributed by atoms with van der Waals surface area (Å²) in [5, 5.41) is 42.0. The van der Waals surface area contributed by atoms with Crippen LogP contribution in [0.1, 0.15) is 41.8 Å². The minimum absolute atomic E-state index is 0.0235. The van der Waals surface area contributed by atoms with E-state index in [1.165, 1.54) is 12.1 Å². The Balaban J connectivity index is 0.00000131. The number of aliphatic hydroxyl groups is 1. The molecule has 0 bridgehead atoms. The number of sulfonamides is 1. The summed E-state index contributed by atoms with van der Waals surface area (Å²) in [6.07, 6.45) is 2.02. The van der Waals surface area contributed by atoms with Gasteiger partial charge in [-0.1, -0.05) is 6.07 Å². The Bertz CT molecular complexity index is 1260. The van der Waals surface area contributed by atoms with E-state index in [0.717, 1.165) is 51.3 Å². The van der Waals surface area contributed by atoms with E-state index in [9.17, 15) is 28.2 Å². The summed E-state index contributed by atoms with van der Waals surface area (Å²) in [6, 6.07) is 11.4. The first-order valence-corrected chi connectivity index (χ1v) is 14.4. The second kappa shape index (κ2) is 15.1. The van der Waals surface area contributed by atoms with Crippen LogP contribution in [0.3, 0.4) is 0 Å². The van der Waals surface area contributed by atoms with Gasteiger partial charge in [-0.25, -0.2) is 8.42 Å². The van der Waals surface area contributed by atoms with E-state index in [2.05, 4.69) is 20.3 Å². The normalized spacial score (nSPS) is 14.4. The van der Waals surface area contributed by atoms with Gasteiger partial charge in [-0.15, -0.1) is 0 Å². The first kappa shape index (κ1) is 32.3. The number of hydrogen-bond donors (Lipinski definition) is 7. The average molecular weight is 581 g/mol. The van der Waals surface area contributed by atoms with Gasteiger partial charge >= 0.3 is 5.97 Å². The van der Waals surface area contributed by atoms with Crippen molar-refractivity contribution in [2.24, 2.45) is 5.92 Å². The topological polar surface area (TPSA) is 206 Å². The Kier molecular flexibility index (Phi) is 12.2. The molecule has 0 aliphatic carbocycles. The number of carboxylic acid groups (broad SMARTS) is 2. The second-order valence-corrected chi connectivity index (χ2v) is 11.1. The van der Waals surface area contributed by atoms with Crippen LogP contribution in [0.15, 0.2) is 42.5 Å². The molecule has 1 saturated heterocycles. The van der Waals surface area contributed by atoms with Crippen molar-refractivity contribution in [2.45, 2.75) is 25.9 Å². The van der Waals surface area contributed by atoms with Crippen LogP contribution < -0.4 is 20.3 Å². The van der Waals surface area contributed by atoms with E-state index < -0.39 is 40.5 Å². The molecular formula is C26H36N4O9S. The van der Waals surface area contributed by atoms with Crippen LogP contribution in [0.25, 0.3) is 0 Å². The molecule has 2 aromatic rings. The van der Waals surface area contributed by atoms with E-state index in [1.807, 2.05) is 12.1 Å². The van der Waals surface area contributed by atoms with Gasteiger partial charge in [-0.05, 0) is 67.3 Å². The second-order valence-electron chi connectivity index (χ2n) is 9.40. The number of nitrogens with zero attached hydrogens (tertiary/aromatic N) is 1. The van der Waals surface area contributed by atoms with Gasteiger partial charge in [0.1, 0.15) is 12.3 Å². The van der Waals surface area contributed by atoms with Gasteiger partial charge in [0.05, 0.1) is 18.0 Å². The number of anilines is 2. The minimum atomic E-state index is -3.56. The predicted molar refractivity (Wildman–Crippen MR) is 149 cm³/mol. The van der Waals surface area contributed by atoms with Crippen molar-refractivity contribution in [1.82, 2.24) is 10.6 Å². The lowest BCUT2D eigenvalue weighted by molar-refractivity contribution is -0.136. The Morgan fingerprint density at radius 2 is 1.65 bits per heavy atom. The van der Waals surface area contributed by atoms with E-state index in [1.54, 1.807) is 18.2 Å². The highest BCUT2D eigenvalue weighted by molar-refractivity contribution is 7.92. The molecule has 3 rings (SSSR count). The van der Waals surface area contributed by atoms with Crippen LogP contribution in [-0.4, -0.2) is 85.7 Å². The maximum atomic E-state index is 12.0. The van der Waals surface area contributed by atoms with Crippen LogP contribution in [0.2, 0.25) is 0 Å². The number of phenolic OH excluding ortho intramolecular Hbond substituents is 1. The molecule has 0 aromatic heterocycles. The van der Waals surface area contributed by atoms with Crippen LogP contribution in [0.4, 0.5) is 11.4 Å². The summed E-state index contributed by atoms with van der Waals surface area (Å²) >= 11 is 0. The van der Waals surface area contributed by atoms with Crippen molar-refractivity contribution in [2.75, 3.05) is 48.6 Å². The summed E-state index contributed by atoms with van der Waals surface area (Å²) in [6.45, 7) is 3.36.